The summed E-state index contributed by atoms with van der Waals surface area (Å²) >= 11 is 0.713. The smallest absolute Gasteiger partial charge is 0.319 e. The molecule has 2 fully saturated rings. The molecule has 1 aromatic carbocycles. The van der Waals surface area contributed by atoms with Crippen molar-refractivity contribution in [3.63, 3.8) is 0 Å². The summed E-state index contributed by atoms with van der Waals surface area (Å²) in [6.45, 7) is 5.30. The molecule has 4 aromatic rings. The molecule has 0 unspecified atom stereocenters. The Morgan fingerprint density at radius 2 is 1.95 bits per heavy atom. The Balaban J connectivity index is 1.51. The molecule has 1 N–H and O–H groups in total. The van der Waals surface area contributed by atoms with E-state index in [0.717, 1.165) is 12.8 Å². The lowest BCUT2D eigenvalue weighted by molar-refractivity contribution is 0.146. The number of rotatable bonds is 6. The maximum Gasteiger partial charge on any atom is 0.319 e. The van der Waals surface area contributed by atoms with E-state index in [0.29, 0.717) is 58.7 Å². The van der Waals surface area contributed by atoms with E-state index in [1.807, 2.05) is 13.8 Å². The van der Waals surface area contributed by atoms with Crippen molar-refractivity contribution < 1.29 is 22.0 Å². The molecule has 0 spiro atoms. The van der Waals surface area contributed by atoms with Crippen molar-refractivity contribution in [1.82, 2.24) is 39.3 Å². The van der Waals surface area contributed by atoms with E-state index in [9.17, 15) is 22.0 Å². The van der Waals surface area contributed by atoms with Crippen LogP contribution in [0, 0.1) is 0 Å². The van der Waals surface area contributed by atoms with Crippen LogP contribution in [0.15, 0.2) is 29.4 Å². The number of nitrogens with one attached hydrogen (secondary N) is 1. The predicted octanol–water partition coefficient (Wildman–Crippen LogP) is 3.39. The van der Waals surface area contributed by atoms with Crippen LogP contribution in [0.5, 0.6) is 0 Å². The average molecular weight is 606 g/mol. The molecule has 218 valence electrons. The highest BCUT2D eigenvalue weighted by atomic mass is 32.2. The standard InChI is InChI=1S/C25H29F2N9O3S2/c1-14-12-34(9-10-35(14)24(37)33(3)4)20-18-16-6-5-15(41(38,39)32-25(2)7-8-25)11-17(16)36(21(18)29-13-28-20)23-31-30-22(40-23)19(26)27/h5-6,11,13-14,19,32H,7-10,12H2,1-4H3/t14-/m0/s1. The first-order chi connectivity index (χ1) is 19.4. The molecule has 12 nitrogen and oxygen atoms in total. The Morgan fingerprint density at radius 1 is 1.20 bits per heavy atom. The lowest BCUT2D eigenvalue weighted by Gasteiger charge is -2.41. The number of carbonyl (C=O) groups excluding carboxylic acids is 1. The molecule has 3 aromatic heterocycles. The lowest BCUT2D eigenvalue weighted by Crippen LogP contribution is -2.56. The van der Waals surface area contributed by atoms with Crippen molar-refractivity contribution in [2.75, 3.05) is 38.6 Å². The van der Waals surface area contributed by atoms with Gasteiger partial charge in [0.1, 0.15) is 12.1 Å². The minimum atomic E-state index is -3.85. The van der Waals surface area contributed by atoms with Crippen molar-refractivity contribution in [1.29, 1.82) is 0 Å². The fourth-order valence-electron chi connectivity index (χ4n) is 5.17. The number of piperazine rings is 1. The quantitative estimate of drug-likeness (QED) is 0.354. The third kappa shape index (κ3) is 4.86. The summed E-state index contributed by atoms with van der Waals surface area (Å²) < 4.78 is 57.8. The van der Waals surface area contributed by atoms with Crippen LogP contribution >= 0.6 is 11.3 Å². The highest BCUT2D eigenvalue weighted by Gasteiger charge is 2.41. The summed E-state index contributed by atoms with van der Waals surface area (Å²) in [5.74, 6) is 0.598. The summed E-state index contributed by atoms with van der Waals surface area (Å²) in [5.41, 5.74) is 0.340. The number of aromatic nitrogens is 5. The zero-order chi connectivity index (χ0) is 29.3. The third-order valence-corrected chi connectivity index (χ3v) is 10.1. The molecule has 6 rings (SSSR count). The molecule has 4 heterocycles. The number of hydrogen-bond acceptors (Lipinski definition) is 9. The number of amides is 2. The molecule has 16 heteroatoms. The molecule has 1 aliphatic carbocycles. The first-order valence-electron chi connectivity index (χ1n) is 13.1. The van der Waals surface area contributed by atoms with Crippen LogP contribution in [0.1, 0.15) is 38.1 Å². The number of fused-ring (bicyclic) bond motifs is 3. The normalized spacial score (nSPS) is 19.0. The fourth-order valence-corrected chi connectivity index (χ4v) is 7.37. The number of sulfonamides is 1. The second kappa shape index (κ2) is 9.80. The van der Waals surface area contributed by atoms with Crippen molar-refractivity contribution in [2.24, 2.45) is 0 Å². The summed E-state index contributed by atoms with van der Waals surface area (Å²) in [6.07, 6.45) is 0.0835. The van der Waals surface area contributed by atoms with Crippen molar-refractivity contribution in [2.45, 2.75) is 49.6 Å². The molecular weight excluding hydrogens is 576 g/mol. The molecule has 0 radical (unpaired) electrons. The lowest BCUT2D eigenvalue weighted by atomic mass is 10.1. The van der Waals surface area contributed by atoms with Crippen molar-refractivity contribution >= 4 is 55.1 Å². The van der Waals surface area contributed by atoms with Crippen LogP contribution in [-0.2, 0) is 10.0 Å². The number of urea groups is 1. The van der Waals surface area contributed by atoms with E-state index in [1.54, 1.807) is 34.5 Å². The number of alkyl halides is 2. The molecule has 2 amide bonds. The van der Waals surface area contributed by atoms with Crippen LogP contribution in [0.25, 0.3) is 27.1 Å². The topological polar surface area (TPSA) is 129 Å². The second-order valence-electron chi connectivity index (χ2n) is 11.0. The Kier molecular flexibility index (Phi) is 6.61. The molecular formula is C25H29F2N9O3S2. The van der Waals surface area contributed by atoms with Crippen LogP contribution in [0.3, 0.4) is 0 Å². The second-order valence-corrected chi connectivity index (χ2v) is 13.6. The largest absolute Gasteiger partial charge is 0.352 e. The van der Waals surface area contributed by atoms with Gasteiger partial charge in [-0.05, 0) is 38.8 Å². The van der Waals surface area contributed by atoms with E-state index in [1.165, 1.54) is 18.5 Å². The van der Waals surface area contributed by atoms with Crippen LogP contribution < -0.4 is 9.62 Å². The number of nitrogens with zero attached hydrogens (tertiary/aromatic N) is 8. The van der Waals surface area contributed by atoms with Gasteiger partial charge in [-0.15, -0.1) is 10.2 Å². The molecule has 41 heavy (non-hydrogen) atoms. The van der Waals surface area contributed by atoms with Gasteiger partial charge < -0.3 is 14.7 Å². The van der Waals surface area contributed by atoms with E-state index in [-0.39, 0.29) is 22.1 Å². The minimum Gasteiger partial charge on any atom is -0.352 e. The average Bonchev–Trinajstić information content (AvgIpc) is 3.31. The van der Waals surface area contributed by atoms with E-state index >= 15 is 0 Å². The molecule has 2 aliphatic rings. The Bertz CT molecular complexity index is 1770. The number of halogens is 2. The van der Waals surface area contributed by atoms with Gasteiger partial charge in [0.15, 0.2) is 10.7 Å². The van der Waals surface area contributed by atoms with Crippen molar-refractivity contribution in [3.8, 4) is 5.13 Å². The van der Waals surface area contributed by atoms with E-state index < -0.39 is 27.0 Å². The molecule has 1 saturated heterocycles. The van der Waals surface area contributed by atoms with Gasteiger partial charge >= 0.3 is 6.03 Å². The van der Waals surface area contributed by atoms with Gasteiger partial charge in [0.05, 0.1) is 15.8 Å². The van der Waals surface area contributed by atoms with Gasteiger partial charge in [-0.25, -0.2) is 36.7 Å². The number of hydrogen-bond donors (Lipinski definition) is 1. The van der Waals surface area contributed by atoms with E-state index in [4.69, 9.17) is 0 Å². The Morgan fingerprint density at radius 3 is 2.59 bits per heavy atom. The first-order valence-corrected chi connectivity index (χ1v) is 15.4. The van der Waals surface area contributed by atoms with E-state index in [2.05, 4.69) is 29.8 Å². The van der Waals surface area contributed by atoms with Gasteiger partial charge in [0.25, 0.3) is 6.43 Å². The summed E-state index contributed by atoms with van der Waals surface area (Å²) in [7, 11) is -0.426. The number of anilines is 1. The highest BCUT2D eigenvalue weighted by molar-refractivity contribution is 7.89. The predicted molar refractivity (Wildman–Crippen MR) is 150 cm³/mol. The first kappa shape index (κ1) is 27.7. The molecule has 1 aliphatic heterocycles. The molecule has 1 saturated carbocycles. The number of carbonyl (C=O) groups is 1. The third-order valence-electron chi connectivity index (χ3n) is 7.55. The molecule has 0 bridgehead atoms. The summed E-state index contributed by atoms with van der Waals surface area (Å²) in [6, 6.07) is 4.54. The minimum absolute atomic E-state index is 0.0414. The van der Waals surface area contributed by atoms with Gasteiger partial charge in [0.2, 0.25) is 15.2 Å². The van der Waals surface area contributed by atoms with Gasteiger partial charge in [-0.3, -0.25) is 4.57 Å². The Hall–Kier alpha value is -3.50. The zero-order valence-corrected chi connectivity index (χ0v) is 24.5. The van der Waals surface area contributed by atoms with Gasteiger partial charge in [-0.2, -0.15) is 0 Å². The monoisotopic (exact) mass is 605 g/mol. The molecule has 1 atom stereocenters. The summed E-state index contributed by atoms with van der Waals surface area (Å²) in [4.78, 5) is 27.2. The summed E-state index contributed by atoms with van der Waals surface area (Å²) in [5, 5.41) is 8.60. The van der Waals surface area contributed by atoms with Crippen LogP contribution in [0.4, 0.5) is 19.4 Å². The van der Waals surface area contributed by atoms with Gasteiger partial charge in [-0.1, -0.05) is 17.4 Å². The number of benzene rings is 1. The Labute approximate surface area is 239 Å². The van der Waals surface area contributed by atoms with Crippen LogP contribution in [0.2, 0.25) is 0 Å². The highest BCUT2D eigenvalue weighted by Crippen LogP contribution is 2.40. The fraction of sp³-hybridized carbons (Fsp3) is 0.480. The SMILES string of the molecule is C[C@H]1CN(c2ncnc3c2c2ccc(S(=O)(=O)NC4(C)CC4)cc2n3-c2nnc(C(F)F)s2)CCN1C(=O)N(C)C. The maximum absolute atomic E-state index is 13.5. The zero-order valence-electron chi connectivity index (χ0n) is 22.9. The maximum atomic E-state index is 13.5. The van der Waals surface area contributed by atoms with Gasteiger partial charge in [0, 0.05) is 50.7 Å². The van der Waals surface area contributed by atoms with Crippen molar-refractivity contribution in [3.05, 3.63) is 29.5 Å². The van der Waals surface area contributed by atoms with Crippen LogP contribution in [-0.4, -0.2) is 94.3 Å².